The second-order valence-corrected chi connectivity index (χ2v) is 13.9. The summed E-state index contributed by atoms with van der Waals surface area (Å²) in [7, 11) is -2.60. The van der Waals surface area contributed by atoms with Crippen molar-refractivity contribution in [1.29, 1.82) is 0 Å². The van der Waals surface area contributed by atoms with Crippen molar-refractivity contribution < 1.29 is 9.53 Å². The molecule has 3 rings (SSSR count). The molecule has 0 aliphatic carbocycles. The fourth-order valence-electron chi connectivity index (χ4n) is 4.67. The van der Waals surface area contributed by atoms with Crippen LogP contribution in [0.25, 0.3) is 0 Å². The highest BCUT2D eigenvalue weighted by Gasteiger charge is 2.50. The molecule has 3 atom stereocenters. The maximum absolute atomic E-state index is 11.1. The molecular weight excluding hydrogens is 408 g/mol. The zero-order valence-electron chi connectivity index (χ0n) is 19.7. The van der Waals surface area contributed by atoms with Gasteiger partial charge in [-0.25, -0.2) is 0 Å². The maximum atomic E-state index is 11.1. The third kappa shape index (κ3) is 4.96. The SMILES string of the molecule is C=C[C@H]([C@H](C)CO[Si](c1ccccc1)(c1ccccc1)C(C)(C)C)[C@H](O)c1ccccc1. The van der Waals surface area contributed by atoms with Crippen molar-refractivity contribution in [2.75, 3.05) is 6.61 Å². The van der Waals surface area contributed by atoms with E-state index in [0.717, 1.165) is 5.56 Å². The van der Waals surface area contributed by atoms with Crippen LogP contribution in [0, 0.1) is 11.8 Å². The molecule has 0 bridgehead atoms. The van der Waals surface area contributed by atoms with E-state index < -0.39 is 14.4 Å². The van der Waals surface area contributed by atoms with E-state index in [2.05, 4.69) is 94.9 Å². The minimum atomic E-state index is -2.60. The zero-order valence-corrected chi connectivity index (χ0v) is 20.7. The van der Waals surface area contributed by atoms with Gasteiger partial charge in [0.15, 0.2) is 0 Å². The summed E-state index contributed by atoms with van der Waals surface area (Å²) in [6, 6.07) is 31.2. The Bertz CT molecular complexity index is 925. The minimum absolute atomic E-state index is 0.0723. The van der Waals surface area contributed by atoms with Crippen molar-refractivity contribution in [2.24, 2.45) is 11.8 Å². The highest BCUT2D eigenvalue weighted by Crippen LogP contribution is 2.38. The van der Waals surface area contributed by atoms with Crippen molar-refractivity contribution in [3.63, 3.8) is 0 Å². The Balaban J connectivity index is 1.96. The molecule has 0 fully saturated rings. The Morgan fingerprint density at radius 1 is 0.844 bits per heavy atom. The molecule has 3 aromatic rings. The van der Waals surface area contributed by atoms with E-state index in [4.69, 9.17) is 4.43 Å². The summed E-state index contributed by atoms with van der Waals surface area (Å²) < 4.78 is 7.08. The van der Waals surface area contributed by atoms with Crippen molar-refractivity contribution in [3.05, 3.63) is 109 Å². The lowest BCUT2D eigenvalue weighted by Gasteiger charge is -2.44. The quantitative estimate of drug-likeness (QED) is 0.337. The van der Waals surface area contributed by atoms with E-state index in [-0.39, 0.29) is 16.9 Å². The van der Waals surface area contributed by atoms with Crippen LogP contribution in [0.15, 0.2) is 104 Å². The van der Waals surface area contributed by atoms with Crippen LogP contribution in [-0.4, -0.2) is 20.0 Å². The lowest BCUT2D eigenvalue weighted by atomic mass is 9.86. The molecule has 0 spiro atoms. The smallest absolute Gasteiger partial charge is 0.261 e. The first-order valence-electron chi connectivity index (χ1n) is 11.4. The van der Waals surface area contributed by atoms with Crippen LogP contribution in [-0.2, 0) is 4.43 Å². The van der Waals surface area contributed by atoms with Gasteiger partial charge in [-0.3, -0.25) is 0 Å². The van der Waals surface area contributed by atoms with Crippen molar-refractivity contribution >= 4 is 18.7 Å². The highest BCUT2D eigenvalue weighted by atomic mass is 28.4. The normalized spacial score (nSPS) is 15.0. The van der Waals surface area contributed by atoms with Gasteiger partial charge >= 0.3 is 0 Å². The molecule has 0 saturated carbocycles. The molecule has 2 nitrogen and oxygen atoms in total. The van der Waals surface area contributed by atoms with Crippen molar-refractivity contribution in [3.8, 4) is 0 Å². The Labute approximate surface area is 194 Å². The van der Waals surface area contributed by atoms with E-state index in [9.17, 15) is 5.11 Å². The summed E-state index contributed by atoms with van der Waals surface area (Å²) in [4.78, 5) is 0. The van der Waals surface area contributed by atoms with Crippen LogP contribution >= 0.6 is 0 Å². The molecule has 3 heteroatoms. The molecule has 0 amide bonds. The van der Waals surface area contributed by atoms with Crippen LogP contribution in [0.5, 0.6) is 0 Å². The molecule has 3 aromatic carbocycles. The fourth-order valence-corrected chi connectivity index (χ4v) is 9.34. The van der Waals surface area contributed by atoms with E-state index in [1.807, 2.05) is 36.4 Å². The summed E-state index contributed by atoms with van der Waals surface area (Å²) in [5, 5.41) is 13.5. The van der Waals surface area contributed by atoms with Gasteiger partial charge in [0.1, 0.15) is 0 Å². The molecule has 0 aromatic heterocycles. The molecule has 0 heterocycles. The molecule has 168 valence electrons. The third-order valence-corrected chi connectivity index (χ3v) is 11.4. The lowest BCUT2D eigenvalue weighted by Crippen LogP contribution is -2.67. The molecule has 0 aliphatic rings. The summed E-state index contributed by atoms with van der Waals surface area (Å²) >= 11 is 0. The van der Waals surface area contributed by atoms with E-state index in [1.165, 1.54) is 10.4 Å². The largest absolute Gasteiger partial charge is 0.407 e. The highest BCUT2D eigenvalue weighted by molar-refractivity contribution is 6.99. The minimum Gasteiger partial charge on any atom is -0.407 e. The van der Waals surface area contributed by atoms with Gasteiger partial charge < -0.3 is 9.53 Å². The maximum Gasteiger partial charge on any atom is 0.261 e. The van der Waals surface area contributed by atoms with E-state index >= 15 is 0 Å². The van der Waals surface area contributed by atoms with Crippen LogP contribution in [0.4, 0.5) is 0 Å². The van der Waals surface area contributed by atoms with Gasteiger partial charge in [-0.2, -0.15) is 0 Å². The molecule has 0 saturated heterocycles. The number of hydrogen-bond acceptors (Lipinski definition) is 2. The lowest BCUT2D eigenvalue weighted by molar-refractivity contribution is 0.0827. The predicted molar refractivity (Wildman–Crippen MR) is 138 cm³/mol. The first-order chi connectivity index (χ1) is 15.3. The third-order valence-electron chi connectivity index (χ3n) is 6.41. The average molecular weight is 445 g/mol. The van der Waals surface area contributed by atoms with Gasteiger partial charge in [0.05, 0.1) is 6.10 Å². The van der Waals surface area contributed by atoms with Crippen LogP contribution in [0.2, 0.25) is 5.04 Å². The number of aliphatic hydroxyl groups is 1. The van der Waals surface area contributed by atoms with Gasteiger partial charge in [-0.05, 0) is 26.9 Å². The van der Waals surface area contributed by atoms with E-state index in [0.29, 0.717) is 6.61 Å². The van der Waals surface area contributed by atoms with Crippen LogP contribution < -0.4 is 10.4 Å². The predicted octanol–water partition coefficient (Wildman–Crippen LogP) is 5.73. The Morgan fingerprint density at radius 2 is 1.28 bits per heavy atom. The summed E-state index contributed by atoms with van der Waals surface area (Å²) in [5.74, 6) is -0.0000271. The van der Waals surface area contributed by atoms with Gasteiger partial charge in [0.2, 0.25) is 0 Å². The second-order valence-electron chi connectivity index (χ2n) is 9.62. The van der Waals surface area contributed by atoms with Gasteiger partial charge in [-0.15, -0.1) is 6.58 Å². The summed E-state index contributed by atoms with van der Waals surface area (Å²) in [5.41, 5.74) is 0.912. The van der Waals surface area contributed by atoms with Crippen molar-refractivity contribution in [1.82, 2.24) is 0 Å². The molecule has 0 unspecified atom stereocenters. The van der Waals surface area contributed by atoms with Gasteiger partial charge in [-0.1, -0.05) is 125 Å². The topological polar surface area (TPSA) is 29.5 Å². The number of hydrogen-bond donors (Lipinski definition) is 1. The molecule has 32 heavy (non-hydrogen) atoms. The van der Waals surface area contributed by atoms with Gasteiger partial charge in [0, 0.05) is 12.5 Å². The molecule has 0 aliphatic heterocycles. The van der Waals surface area contributed by atoms with Crippen LogP contribution in [0.3, 0.4) is 0 Å². The van der Waals surface area contributed by atoms with E-state index in [1.54, 1.807) is 0 Å². The Hall–Kier alpha value is -2.46. The summed E-state index contributed by atoms with van der Waals surface area (Å²) in [6.45, 7) is 13.6. The summed E-state index contributed by atoms with van der Waals surface area (Å²) in [6.07, 6.45) is 1.27. The number of benzene rings is 3. The van der Waals surface area contributed by atoms with Crippen LogP contribution in [0.1, 0.15) is 39.4 Å². The fraction of sp³-hybridized carbons (Fsp3) is 0.310. The first kappa shape index (κ1) is 24.2. The first-order valence-corrected chi connectivity index (χ1v) is 13.3. The Kier molecular flexibility index (Phi) is 7.89. The zero-order chi connectivity index (χ0) is 23.2. The van der Waals surface area contributed by atoms with Crippen molar-refractivity contribution in [2.45, 2.75) is 38.8 Å². The monoisotopic (exact) mass is 444 g/mol. The standard InChI is InChI=1S/C29H36O2Si/c1-6-27(28(30)24-16-10-7-11-17-24)23(2)22-31-32(29(3,4)5,25-18-12-8-13-19-25)26-20-14-9-15-21-26/h6-21,23,27-28,30H,1,22H2,2-5H3/t23-,27-,28-/m1/s1. The number of rotatable bonds is 9. The average Bonchev–Trinajstić information content (AvgIpc) is 2.81. The van der Waals surface area contributed by atoms with Gasteiger partial charge in [0.25, 0.3) is 8.32 Å². The molecular formula is C29H36O2Si. The molecule has 1 N–H and O–H groups in total. The second kappa shape index (κ2) is 10.4. The molecule has 0 radical (unpaired) electrons. The Morgan fingerprint density at radius 3 is 1.69 bits per heavy atom. The number of aliphatic hydroxyl groups excluding tert-OH is 1.